The third-order valence-electron chi connectivity index (χ3n) is 2.89. The first kappa shape index (κ1) is 13.9. The van der Waals surface area contributed by atoms with Crippen molar-refractivity contribution >= 4 is 5.78 Å². The third kappa shape index (κ3) is 4.29. The predicted molar refractivity (Wildman–Crippen MR) is 69.3 cm³/mol. The molecule has 0 unspecified atom stereocenters. The number of carbonyl (C=O) groups is 1. The number of rotatable bonds is 7. The Labute approximate surface area is 103 Å². The van der Waals surface area contributed by atoms with Crippen LogP contribution < -0.4 is 0 Å². The number of hydrogen-bond acceptors (Lipinski definition) is 3. The van der Waals surface area contributed by atoms with E-state index in [-0.39, 0.29) is 12.4 Å². The Morgan fingerprint density at radius 1 is 1.35 bits per heavy atom. The molecule has 1 aromatic carbocycles. The maximum atomic E-state index is 12.1. The summed E-state index contributed by atoms with van der Waals surface area (Å²) in [6, 6.07) is 7.66. The molecule has 0 heterocycles. The van der Waals surface area contributed by atoms with Crippen LogP contribution in [0.1, 0.15) is 29.3 Å². The van der Waals surface area contributed by atoms with Gasteiger partial charge < -0.3 is 5.11 Å². The van der Waals surface area contributed by atoms with Gasteiger partial charge in [-0.1, -0.05) is 31.2 Å². The maximum absolute atomic E-state index is 12.1. The van der Waals surface area contributed by atoms with Crippen molar-refractivity contribution in [3.63, 3.8) is 0 Å². The Balaban J connectivity index is 2.61. The van der Waals surface area contributed by atoms with Crippen LogP contribution in [0.3, 0.4) is 0 Å². The zero-order valence-corrected chi connectivity index (χ0v) is 10.6. The van der Waals surface area contributed by atoms with Gasteiger partial charge in [0.1, 0.15) is 0 Å². The zero-order valence-electron chi connectivity index (χ0n) is 10.6. The second kappa shape index (κ2) is 7.20. The number of nitrogens with zero attached hydrogens (tertiary/aromatic N) is 1. The number of aliphatic hydroxyl groups is 1. The molecule has 0 aliphatic rings. The van der Waals surface area contributed by atoms with Crippen LogP contribution in [-0.2, 0) is 0 Å². The van der Waals surface area contributed by atoms with E-state index in [2.05, 4.69) is 4.90 Å². The van der Waals surface area contributed by atoms with E-state index in [1.54, 1.807) is 0 Å². The molecule has 3 heteroatoms. The summed E-state index contributed by atoms with van der Waals surface area (Å²) >= 11 is 0. The van der Waals surface area contributed by atoms with Gasteiger partial charge in [0.05, 0.1) is 6.54 Å². The smallest absolute Gasteiger partial charge is 0.177 e. The van der Waals surface area contributed by atoms with Crippen molar-refractivity contribution in [2.75, 3.05) is 26.2 Å². The molecule has 1 rings (SSSR count). The number of carbonyl (C=O) groups excluding carboxylic acids is 1. The van der Waals surface area contributed by atoms with Crippen molar-refractivity contribution in [2.45, 2.75) is 20.3 Å². The minimum atomic E-state index is 0.155. The van der Waals surface area contributed by atoms with Crippen molar-refractivity contribution in [3.05, 3.63) is 35.4 Å². The van der Waals surface area contributed by atoms with Gasteiger partial charge >= 0.3 is 0 Å². The molecule has 0 fully saturated rings. The van der Waals surface area contributed by atoms with Gasteiger partial charge in [-0.15, -0.1) is 0 Å². The summed E-state index contributed by atoms with van der Waals surface area (Å²) in [5, 5.41) is 8.79. The normalized spacial score (nSPS) is 10.8. The van der Waals surface area contributed by atoms with E-state index in [1.807, 2.05) is 38.1 Å². The topological polar surface area (TPSA) is 40.5 Å². The van der Waals surface area contributed by atoms with Gasteiger partial charge in [0.25, 0.3) is 0 Å². The number of hydrogen-bond donors (Lipinski definition) is 1. The molecule has 3 nitrogen and oxygen atoms in total. The van der Waals surface area contributed by atoms with Gasteiger partial charge in [0.2, 0.25) is 0 Å². The van der Waals surface area contributed by atoms with Gasteiger partial charge in [-0.3, -0.25) is 9.69 Å². The molecule has 0 aromatic heterocycles. The van der Waals surface area contributed by atoms with E-state index in [4.69, 9.17) is 5.11 Å². The molecule has 0 amide bonds. The Morgan fingerprint density at radius 2 is 2.06 bits per heavy atom. The fourth-order valence-corrected chi connectivity index (χ4v) is 1.82. The Morgan fingerprint density at radius 3 is 2.65 bits per heavy atom. The van der Waals surface area contributed by atoms with Crippen LogP contribution in [0.15, 0.2) is 24.3 Å². The van der Waals surface area contributed by atoms with Crippen LogP contribution in [0.4, 0.5) is 0 Å². The van der Waals surface area contributed by atoms with Crippen LogP contribution in [-0.4, -0.2) is 42.0 Å². The summed E-state index contributed by atoms with van der Waals surface area (Å²) in [6.07, 6.45) is 0.717. The van der Waals surface area contributed by atoms with Gasteiger partial charge in [-0.25, -0.2) is 0 Å². The van der Waals surface area contributed by atoms with Gasteiger partial charge in [-0.2, -0.15) is 0 Å². The maximum Gasteiger partial charge on any atom is 0.177 e. The molecule has 0 radical (unpaired) electrons. The number of aryl methyl sites for hydroxylation is 1. The Hall–Kier alpha value is -1.19. The van der Waals surface area contributed by atoms with E-state index < -0.39 is 0 Å². The fraction of sp³-hybridized carbons (Fsp3) is 0.500. The average Bonchev–Trinajstić information content (AvgIpc) is 2.34. The molecule has 0 spiro atoms. The molecule has 0 bridgehead atoms. The van der Waals surface area contributed by atoms with Crippen molar-refractivity contribution in [2.24, 2.45) is 0 Å². The van der Waals surface area contributed by atoms with Gasteiger partial charge in [0, 0.05) is 18.7 Å². The highest BCUT2D eigenvalue weighted by molar-refractivity contribution is 5.98. The highest BCUT2D eigenvalue weighted by Crippen LogP contribution is 2.08. The van der Waals surface area contributed by atoms with Crippen LogP contribution in [0.2, 0.25) is 0 Å². The Bertz CT molecular complexity index is 363. The molecule has 1 aromatic rings. The average molecular weight is 235 g/mol. The molecular weight excluding hydrogens is 214 g/mol. The number of likely N-dealkylation sites (N-methyl/N-ethyl adjacent to an activating group) is 1. The van der Waals surface area contributed by atoms with E-state index in [0.717, 1.165) is 30.6 Å². The largest absolute Gasteiger partial charge is 0.396 e. The van der Waals surface area contributed by atoms with Crippen molar-refractivity contribution < 1.29 is 9.90 Å². The molecule has 0 aliphatic heterocycles. The first-order valence-electron chi connectivity index (χ1n) is 6.11. The monoisotopic (exact) mass is 235 g/mol. The summed E-state index contributed by atoms with van der Waals surface area (Å²) in [5.41, 5.74) is 1.82. The summed E-state index contributed by atoms with van der Waals surface area (Å²) in [7, 11) is 0. The second-order valence-corrected chi connectivity index (χ2v) is 4.18. The molecule has 1 N–H and O–H groups in total. The number of aliphatic hydroxyl groups excluding tert-OH is 1. The first-order chi connectivity index (χ1) is 8.19. The molecule has 0 saturated carbocycles. The van der Waals surface area contributed by atoms with E-state index >= 15 is 0 Å². The second-order valence-electron chi connectivity index (χ2n) is 4.18. The van der Waals surface area contributed by atoms with E-state index in [9.17, 15) is 4.79 Å². The molecular formula is C14H21NO2. The highest BCUT2D eigenvalue weighted by atomic mass is 16.3. The van der Waals surface area contributed by atoms with Gasteiger partial charge in [-0.05, 0) is 25.5 Å². The lowest BCUT2D eigenvalue weighted by Crippen LogP contribution is -2.31. The van der Waals surface area contributed by atoms with Crippen LogP contribution in [0.5, 0.6) is 0 Å². The zero-order chi connectivity index (χ0) is 12.7. The van der Waals surface area contributed by atoms with Crippen molar-refractivity contribution in [1.82, 2.24) is 4.90 Å². The molecule has 0 saturated heterocycles. The summed E-state index contributed by atoms with van der Waals surface area (Å²) in [4.78, 5) is 14.2. The Kier molecular flexibility index (Phi) is 5.87. The molecule has 17 heavy (non-hydrogen) atoms. The first-order valence-corrected chi connectivity index (χ1v) is 6.11. The summed E-state index contributed by atoms with van der Waals surface area (Å²) in [6.45, 7) is 6.19. The van der Waals surface area contributed by atoms with Crippen LogP contribution >= 0.6 is 0 Å². The van der Waals surface area contributed by atoms with Crippen LogP contribution in [0.25, 0.3) is 0 Å². The summed E-state index contributed by atoms with van der Waals surface area (Å²) in [5.74, 6) is 0.155. The van der Waals surface area contributed by atoms with Crippen molar-refractivity contribution in [3.8, 4) is 0 Å². The minimum absolute atomic E-state index is 0.155. The molecule has 94 valence electrons. The fourth-order valence-electron chi connectivity index (χ4n) is 1.82. The SMILES string of the molecule is CCN(CCCO)CC(=O)c1ccccc1C. The third-order valence-corrected chi connectivity index (χ3v) is 2.89. The lowest BCUT2D eigenvalue weighted by atomic mass is 10.0. The highest BCUT2D eigenvalue weighted by Gasteiger charge is 2.12. The minimum Gasteiger partial charge on any atom is -0.396 e. The standard InChI is InChI=1S/C14H21NO2/c1-3-15(9-6-10-16)11-14(17)13-8-5-4-7-12(13)2/h4-5,7-8,16H,3,6,9-11H2,1-2H3. The lowest BCUT2D eigenvalue weighted by Gasteiger charge is -2.19. The van der Waals surface area contributed by atoms with Gasteiger partial charge in [0.15, 0.2) is 5.78 Å². The summed E-state index contributed by atoms with van der Waals surface area (Å²) < 4.78 is 0. The van der Waals surface area contributed by atoms with Crippen molar-refractivity contribution in [1.29, 1.82) is 0 Å². The van der Waals surface area contributed by atoms with E-state index in [0.29, 0.717) is 6.54 Å². The molecule has 0 aliphatic carbocycles. The quantitative estimate of drug-likeness (QED) is 0.734. The number of Topliss-reactive ketones (excluding diaryl/α,β-unsaturated/α-hetero) is 1. The van der Waals surface area contributed by atoms with Crippen LogP contribution in [0, 0.1) is 6.92 Å². The van der Waals surface area contributed by atoms with E-state index in [1.165, 1.54) is 0 Å². The predicted octanol–water partition coefficient (Wildman–Crippen LogP) is 1.88. The number of benzene rings is 1. The number of ketones is 1. The lowest BCUT2D eigenvalue weighted by molar-refractivity contribution is 0.0927. The molecule has 0 atom stereocenters.